The molecule has 0 atom stereocenters. The molecule has 2 N–H and O–H groups in total. The lowest BCUT2D eigenvalue weighted by molar-refractivity contribution is -0.138. The molecule has 0 radical (unpaired) electrons. The minimum Gasteiger partial charge on any atom is -0.360 e. The highest BCUT2D eigenvalue weighted by molar-refractivity contribution is 7.15. The van der Waals surface area contributed by atoms with Gasteiger partial charge in [-0.3, -0.25) is 0 Å². The number of alkyl halides is 3. The van der Waals surface area contributed by atoms with Crippen LogP contribution in [0.25, 0.3) is 0 Å². The van der Waals surface area contributed by atoms with E-state index in [0.717, 1.165) is 25.9 Å². The van der Waals surface area contributed by atoms with E-state index in [0.29, 0.717) is 17.9 Å². The van der Waals surface area contributed by atoms with Gasteiger partial charge in [-0.2, -0.15) is 13.2 Å². The second-order valence-electron chi connectivity index (χ2n) is 4.82. The lowest BCUT2D eigenvalue weighted by atomic mass is 9.81. The highest BCUT2D eigenvalue weighted by Crippen LogP contribution is 2.34. The summed E-state index contributed by atoms with van der Waals surface area (Å²) in [4.78, 5) is 0. The Labute approximate surface area is 107 Å². The van der Waals surface area contributed by atoms with Crippen LogP contribution in [0.1, 0.15) is 24.8 Å². The van der Waals surface area contributed by atoms with Crippen LogP contribution in [0.5, 0.6) is 0 Å². The maximum absolute atomic E-state index is 12.3. The molecule has 1 fully saturated rings. The van der Waals surface area contributed by atoms with Crippen molar-refractivity contribution in [2.75, 3.05) is 25.0 Å². The minimum absolute atomic E-state index is 0.106. The van der Waals surface area contributed by atoms with Crippen LogP contribution in [0.4, 0.5) is 18.3 Å². The third kappa shape index (κ3) is 3.32. The van der Waals surface area contributed by atoms with Gasteiger partial charge >= 0.3 is 6.18 Å². The van der Waals surface area contributed by atoms with Crippen LogP contribution in [0.15, 0.2) is 0 Å². The summed E-state index contributed by atoms with van der Waals surface area (Å²) in [5.74, 6) is 0. The van der Waals surface area contributed by atoms with Gasteiger partial charge in [-0.15, -0.1) is 10.2 Å². The van der Waals surface area contributed by atoms with Gasteiger partial charge in [-0.05, 0) is 31.3 Å². The third-order valence-electron chi connectivity index (χ3n) is 3.14. The Balaban J connectivity index is 1.92. The van der Waals surface area contributed by atoms with E-state index in [-0.39, 0.29) is 10.5 Å². The zero-order valence-corrected chi connectivity index (χ0v) is 10.8. The SMILES string of the molecule is CC1(CNc2nnc(C(F)(F)F)s2)CCNCC1. The lowest BCUT2D eigenvalue weighted by Crippen LogP contribution is -2.39. The molecule has 8 heteroatoms. The van der Waals surface area contributed by atoms with Gasteiger partial charge in [0, 0.05) is 6.54 Å². The molecule has 0 amide bonds. The van der Waals surface area contributed by atoms with E-state index in [4.69, 9.17) is 0 Å². The summed E-state index contributed by atoms with van der Waals surface area (Å²) >= 11 is 0.553. The van der Waals surface area contributed by atoms with E-state index in [2.05, 4.69) is 27.8 Å². The van der Waals surface area contributed by atoms with Gasteiger partial charge < -0.3 is 10.6 Å². The van der Waals surface area contributed by atoms with Crippen molar-refractivity contribution in [2.45, 2.75) is 25.9 Å². The maximum atomic E-state index is 12.3. The summed E-state index contributed by atoms with van der Waals surface area (Å²) in [6, 6.07) is 0. The second kappa shape index (κ2) is 5.00. The molecule has 18 heavy (non-hydrogen) atoms. The molecule has 2 rings (SSSR count). The van der Waals surface area contributed by atoms with E-state index >= 15 is 0 Å². The van der Waals surface area contributed by atoms with E-state index in [1.807, 2.05) is 0 Å². The van der Waals surface area contributed by atoms with Crippen molar-refractivity contribution >= 4 is 16.5 Å². The Morgan fingerprint density at radius 2 is 2.00 bits per heavy atom. The average molecular weight is 280 g/mol. The molecule has 102 valence electrons. The van der Waals surface area contributed by atoms with Crippen LogP contribution < -0.4 is 10.6 Å². The van der Waals surface area contributed by atoms with Crippen LogP contribution in [0.2, 0.25) is 0 Å². The third-order valence-corrected chi connectivity index (χ3v) is 4.07. The molecule has 1 aliphatic heterocycles. The van der Waals surface area contributed by atoms with Crippen molar-refractivity contribution < 1.29 is 13.2 Å². The lowest BCUT2D eigenvalue weighted by Gasteiger charge is -2.33. The number of piperidine rings is 1. The largest absolute Gasteiger partial charge is 0.445 e. The van der Waals surface area contributed by atoms with E-state index in [1.54, 1.807) is 0 Å². The molecule has 2 heterocycles. The fraction of sp³-hybridized carbons (Fsp3) is 0.800. The van der Waals surface area contributed by atoms with Crippen LogP contribution >= 0.6 is 11.3 Å². The molecule has 0 bridgehead atoms. The van der Waals surface area contributed by atoms with Crippen LogP contribution in [-0.4, -0.2) is 29.8 Å². The molecule has 0 saturated carbocycles. The van der Waals surface area contributed by atoms with Gasteiger partial charge in [0.25, 0.3) is 0 Å². The molecular formula is C10H15F3N4S. The molecule has 1 aromatic rings. The van der Waals surface area contributed by atoms with Gasteiger partial charge in [-0.25, -0.2) is 0 Å². The molecule has 1 saturated heterocycles. The zero-order chi connectivity index (χ0) is 13.2. The number of halogens is 3. The number of aromatic nitrogens is 2. The number of anilines is 1. The summed E-state index contributed by atoms with van der Waals surface area (Å²) in [5, 5.41) is 12.2. The Morgan fingerprint density at radius 3 is 2.56 bits per heavy atom. The Morgan fingerprint density at radius 1 is 1.33 bits per heavy atom. The van der Waals surface area contributed by atoms with Crippen molar-refractivity contribution in [1.29, 1.82) is 0 Å². The van der Waals surface area contributed by atoms with Crippen molar-refractivity contribution in [3.05, 3.63) is 5.01 Å². The number of nitrogens with zero attached hydrogens (tertiary/aromatic N) is 2. The molecule has 4 nitrogen and oxygen atoms in total. The Kier molecular flexibility index (Phi) is 3.76. The minimum atomic E-state index is -4.41. The second-order valence-corrected chi connectivity index (χ2v) is 5.80. The Bertz CT molecular complexity index is 398. The first-order chi connectivity index (χ1) is 8.39. The van der Waals surface area contributed by atoms with E-state index in [9.17, 15) is 13.2 Å². The first kappa shape index (κ1) is 13.5. The molecular weight excluding hydrogens is 265 g/mol. The topological polar surface area (TPSA) is 49.8 Å². The number of nitrogens with one attached hydrogen (secondary N) is 2. The van der Waals surface area contributed by atoms with Crippen LogP contribution in [0, 0.1) is 5.41 Å². The smallest absolute Gasteiger partial charge is 0.360 e. The first-order valence-corrected chi connectivity index (χ1v) is 6.56. The number of rotatable bonds is 3. The van der Waals surface area contributed by atoms with Crippen molar-refractivity contribution in [3.63, 3.8) is 0 Å². The fourth-order valence-electron chi connectivity index (χ4n) is 1.91. The van der Waals surface area contributed by atoms with E-state index < -0.39 is 11.2 Å². The monoisotopic (exact) mass is 280 g/mol. The highest BCUT2D eigenvalue weighted by atomic mass is 32.1. The molecule has 1 aromatic heterocycles. The first-order valence-electron chi connectivity index (χ1n) is 5.74. The highest BCUT2D eigenvalue weighted by Gasteiger charge is 2.36. The summed E-state index contributed by atoms with van der Waals surface area (Å²) in [6.07, 6.45) is -2.40. The van der Waals surface area contributed by atoms with Crippen LogP contribution in [-0.2, 0) is 6.18 Å². The van der Waals surface area contributed by atoms with Gasteiger partial charge in [0.15, 0.2) is 0 Å². The van der Waals surface area contributed by atoms with Crippen molar-refractivity contribution in [3.8, 4) is 0 Å². The average Bonchev–Trinajstić information content (AvgIpc) is 2.76. The molecule has 0 aromatic carbocycles. The standard InChI is InChI=1S/C10H15F3N4S/c1-9(2-4-14-5-3-9)6-15-8-17-16-7(18-8)10(11,12)13/h14H,2-6H2,1H3,(H,15,17). The Hall–Kier alpha value is -0.890. The summed E-state index contributed by atoms with van der Waals surface area (Å²) in [5.41, 5.74) is 0.106. The summed E-state index contributed by atoms with van der Waals surface area (Å²) in [7, 11) is 0. The van der Waals surface area contributed by atoms with Gasteiger partial charge in [0.2, 0.25) is 10.1 Å². The zero-order valence-electron chi connectivity index (χ0n) is 9.97. The van der Waals surface area contributed by atoms with Crippen LogP contribution in [0.3, 0.4) is 0 Å². The van der Waals surface area contributed by atoms with Gasteiger partial charge in [0.05, 0.1) is 0 Å². The molecule has 0 aliphatic carbocycles. The number of hydrogen-bond acceptors (Lipinski definition) is 5. The van der Waals surface area contributed by atoms with Gasteiger partial charge in [0.1, 0.15) is 0 Å². The van der Waals surface area contributed by atoms with E-state index in [1.165, 1.54) is 0 Å². The predicted molar refractivity (Wildman–Crippen MR) is 63.6 cm³/mol. The normalized spacial score (nSPS) is 19.8. The predicted octanol–water partition coefficient (Wildman–Crippen LogP) is 2.36. The quantitative estimate of drug-likeness (QED) is 0.892. The number of hydrogen-bond donors (Lipinski definition) is 2. The summed E-state index contributed by atoms with van der Waals surface area (Å²) in [6.45, 7) is 4.65. The molecule has 1 aliphatic rings. The maximum Gasteiger partial charge on any atom is 0.445 e. The fourth-order valence-corrected chi connectivity index (χ4v) is 2.51. The van der Waals surface area contributed by atoms with Gasteiger partial charge in [-0.1, -0.05) is 18.3 Å². The summed E-state index contributed by atoms with van der Waals surface area (Å²) < 4.78 is 37.0. The molecule has 0 unspecified atom stereocenters. The van der Waals surface area contributed by atoms with Crippen molar-refractivity contribution in [1.82, 2.24) is 15.5 Å². The molecule has 0 spiro atoms. The van der Waals surface area contributed by atoms with Crippen molar-refractivity contribution in [2.24, 2.45) is 5.41 Å².